The molecule has 0 bridgehead atoms. The van der Waals surface area contributed by atoms with Crippen molar-refractivity contribution in [3.05, 3.63) is 28.8 Å². The number of alkyl halides is 3. The maximum absolute atomic E-state index is 12.5. The van der Waals surface area contributed by atoms with Crippen molar-refractivity contribution in [3.63, 3.8) is 0 Å². The quantitative estimate of drug-likeness (QED) is 0.247. The molecular weight excluding hydrogens is 295 g/mol. The Bertz CT molecular complexity index is 478. The minimum absolute atomic E-state index is 0.127. The van der Waals surface area contributed by atoms with Crippen LogP contribution in [0.4, 0.5) is 18.9 Å². The number of nitrogens with two attached hydrogens (primary N) is 1. The molecule has 0 atom stereocenters. The van der Waals surface area contributed by atoms with Crippen LogP contribution in [-0.2, 0) is 6.18 Å². The van der Waals surface area contributed by atoms with E-state index in [1.54, 1.807) is 0 Å². The molecule has 4 N–H and O–H groups in total. The van der Waals surface area contributed by atoms with E-state index in [4.69, 9.17) is 22.5 Å². The zero-order chi connectivity index (χ0) is 15.2. The summed E-state index contributed by atoms with van der Waals surface area (Å²) in [6, 6.07) is 3.13. The Morgan fingerprint density at radius 2 is 2.05 bits per heavy atom. The lowest BCUT2D eigenvalue weighted by Gasteiger charge is -2.12. The number of hydrogen-bond acceptors (Lipinski definition) is 3. The Morgan fingerprint density at radius 3 is 2.65 bits per heavy atom. The highest BCUT2D eigenvalue weighted by molar-refractivity contribution is 6.33. The van der Waals surface area contributed by atoms with Gasteiger partial charge in [0.2, 0.25) is 0 Å². The first-order valence-corrected chi connectivity index (χ1v) is 6.29. The predicted molar refractivity (Wildman–Crippen MR) is 72.2 cm³/mol. The Morgan fingerprint density at radius 1 is 1.35 bits per heavy atom. The van der Waals surface area contributed by atoms with Gasteiger partial charge in [-0.15, -0.1) is 0 Å². The zero-order valence-corrected chi connectivity index (χ0v) is 11.3. The molecule has 0 fully saturated rings. The largest absolute Gasteiger partial charge is 0.416 e. The number of rotatable bonds is 6. The van der Waals surface area contributed by atoms with Gasteiger partial charge in [-0.2, -0.15) is 13.2 Å². The highest BCUT2D eigenvalue weighted by Crippen LogP contribution is 2.33. The first kappa shape index (κ1) is 16.4. The number of amidine groups is 1. The van der Waals surface area contributed by atoms with Crippen molar-refractivity contribution in [3.8, 4) is 0 Å². The first-order chi connectivity index (χ1) is 9.34. The third kappa shape index (κ3) is 5.16. The molecule has 0 amide bonds. The van der Waals surface area contributed by atoms with Crippen molar-refractivity contribution < 1.29 is 18.4 Å². The van der Waals surface area contributed by atoms with Gasteiger partial charge >= 0.3 is 6.18 Å². The first-order valence-electron chi connectivity index (χ1n) is 5.91. The summed E-state index contributed by atoms with van der Waals surface area (Å²) in [5.41, 5.74) is 4.78. The lowest BCUT2D eigenvalue weighted by molar-refractivity contribution is -0.137. The van der Waals surface area contributed by atoms with E-state index < -0.39 is 11.7 Å². The van der Waals surface area contributed by atoms with E-state index in [1.807, 2.05) is 0 Å². The van der Waals surface area contributed by atoms with Crippen LogP contribution in [0.3, 0.4) is 0 Å². The molecular formula is C12H15ClF3N3O. The molecule has 0 saturated heterocycles. The lowest BCUT2D eigenvalue weighted by atomic mass is 10.2. The van der Waals surface area contributed by atoms with Crippen molar-refractivity contribution in [2.75, 3.05) is 11.9 Å². The second kappa shape index (κ2) is 7.23. The van der Waals surface area contributed by atoms with E-state index >= 15 is 0 Å². The summed E-state index contributed by atoms with van der Waals surface area (Å²) in [5, 5.41) is 14.2. The van der Waals surface area contributed by atoms with Crippen LogP contribution in [-0.4, -0.2) is 17.6 Å². The van der Waals surface area contributed by atoms with E-state index in [2.05, 4.69) is 10.5 Å². The molecule has 0 aromatic heterocycles. The SMILES string of the molecule is NC(CCCCNc1cc(C(F)(F)F)ccc1Cl)=NO. The standard InChI is InChI=1S/C12H15ClF3N3O/c13-9-5-4-8(12(14,15)16)7-10(9)18-6-2-1-3-11(17)19-20/h4-5,7,18,20H,1-3,6H2,(H2,17,19). The highest BCUT2D eigenvalue weighted by atomic mass is 35.5. The average Bonchev–Trinajstić information content (AvgIpc) is 2.38. The van der Waals surface area contributed by atoms with E-state index in [0.717, 1.165) is 12.1 Å². The number of hydrogen-bond donors (Lipinski definition) is 3. The Labute approximate surface area is 119 Å². The fraction of sp³-hybridized carbons (Fsp3) is 0.417. The second-order valence-electron chi connectivity index (χ2n) is 4.17. The molecule has 1 rings (SSSR count). The molecule has 0 radical (unpaired) electrons. The fourth-order valence-electron chi connectivity index (χ4n) is 1.54. The summed E-state index contributed by atoms with van der Waals surface area (Å²) in [5.74, 6) is 0.127. The van der Waals surface area contributed by atoms with Crippen molar-refractivity contribution in [2.24, 2.45) is 10.9 Å². The Hall–Kier alpha value is -1.63. The number of benzene rings is 1. The van der Waals surface area contributed by atoms with Crippen molar-refractivity contribution >= 4 is 23.1 Å². The molecule has 0 unspecified atom stereocenters. The smallest absolute Gasteiger partial charge is 0.409 e. The van der Waals surface area contributed by atoms with Crippen LogP contribution in [0.5, 0.6) is 0 Å². The molecule has 0 saturated carbocycles. The molecule has 4 nitrogen and oxygen atoms in total. The molecule has 0 aliphatic rings. The lowest BCUT2D eigenvalue weighted by Crippen LogP contribution is -2.12. The van der Waals surface area contributed by atoms with Crippen molar-refractivity contribution in [1.82, 2.24) is 0 Å². The fourth-order valence-corrected chi connectivity index (χ4v) is 1.73. The summed E-state index contributed by atoms with van der Waals surface area (Å²) >= 11 is 5.83. The minimum atomic E-state index is -4.40. The van der Waals surface area contributed by atoms with Gasteiger partial charge in [-0.25, -0.2) is 0 Å². The van der Waals surface area contributed by atoms with Gasteiger partial charge in [-0.05, 0) is 31.0 Å². The number of oxime groups is 1. The normalized spacial score (nSPS) is 12.5. The molecule has 0 aliphatic heterocycles. The van der Waals surface area contributed by atoms with Gasteiger partial charge < -0.3 is 16.3 Å². The zero-order valence-electron chi connectivity index (χ0n) is 10.5. The minimum Gasteiger partial charge on any atom is -0.409 e. The average molecular weight is 310 g/mol. The predicted octanol–water partition coefficient (Wildman–Crippen LogP) is 3.69. The van der Waals surface area contributed by atoms with Gasteiger partial charge in [0, 0.05) is 13.0 Å². The van der Waals surface area contributed by atoms with E-state index in [9.17, 15) is 13.2 Å². The summed E-state index contributed by atoms with van der Waals surface area (Å²) in [4.78, 5) is 0. The molecule has 0 aliphatic carbocycles. The molecule has 1 aromatic carbocycles. The van der Waals surface area contributed by atoms with E-state index in [0.29, 0.717) is 25.8 Å². The Balaban J connectivity index is 2.51. The summed E-state index contributed by atoms with van der Waals surface area (Å²) in [6.45, 7) is 0.444. The number of halogens is 4. The molecule has 0 heterocycles. The van der Waals surface area contributed by atoms with Crippen molar-refractivity contribution in [1.29, 1.82) is 0 Å². The van der Waals surface area contributed by atoms with Crippen LogP contribution in [0.25, 0.3) is 0 Å². The van der Waals surface area contributed by atoms with Crippen LogP contribution in [0.1, 0.15) is 24.8 Å². The third-order valence-corrected chi connectivity index (χ3v) is 2.93. The highest BCUT2D eigenvalue weighted by Gasteiger charge is 2.30. The van der Waals surface area contributed by atoms with Gasteiger partial charge in [0.1, 0.15) is 5.84 Å². The second-order valence-corrected chi connectivity index (χ2v) is 4.57. The number of unbranched alkanes of at least 4 members (excludes halogenated alkanes) is 1. The van der Waals surface area contributed by atoms with Crippen LogP contribution in [0.2, 0.25) is 5.02 Å². The number of nitrogens with zero attached hydrogens (tertiary/aromatic N) is 1. The van der Waals surface area contributed by atoms with Crippen LogP contribution in [0.15, 0.2) is 23.4 Å². The molecule has 1 aromatic rings. The van der Waals surface area contributed by atoms with Gasteiger partial charge in [0.05, 0.1) is 16.3 Å². The van der Waals surface area contributed by atoms with Gasteiger partial charge in [-0.3, -0.25) is 0 Å². The molecule has 8 heteroatoms. The van der Waals surface area contributed by atoms with Crippen LogP contribution < -0.4 is 11.1 Å². The maximum Gasteiger partial charge on any atom is 0.416 e. The van der Waals surface area contributed by atoms with E-state index in [-0.39, 0.29) is 16.5 Å². The molecule has 112 valence electrons. The van der Waals surface area contributed by atoms with Crippen molar-refractivity contribution in [2.45, 2.75) is 25.4 Å². The monoisotopic (exact) mass is 309 g/mol. The molecule has 0 spiro atoms. The summed E-state index contributed by atoms with van der Waals surface area (Å²) in [7, 11) is 0. The van der Waals surface area contributed by atoms with Gasteiger partial charge in [-0.1, -0.05) is 16.8 Å². The maximum atomic E-state index is 12.5. The van der Waals surface area contributed by atoms with E-state index in [1.165, 1.54) is 6.07 Å². The number of anilines is 1. The summed E-state index contributed by atoms with van der Waals surface area (Å²) in [6.07, 6.45) is -2.66. The number of nitrogens with one attached hydrogen (secondary N) is 1. The van der Waals surface area contributed by atoms with Gasteiger partial charge in [0.15, 0.2) is 0 Å². The van der Waals surface area contributed by atoms with Crippen LogP contribution >= 0.6 is 11.6 Å². The Kier molecular flexibility index (Phi) is 5.94. The van der Waals surface area contributed by atoms with Gasteiger partial charge in [0.25, 0.3) is 0 Å². The summed E-state index contributed by atoms with van der Waals surface area (Å²) < 4.78 is 37.6. The molecule has 20 heavy (non-hydrogen) atoms. The van der Waals surface area contributed by atoms with Crippen LogP contribution in [0, 0.1) is 0 Å². The topological polar surface area (TPSA) is 70.6 Å². The third-order valence-electron chi connectivity index (χ3n) is 2.60.